The lowest BCUT2D eigenvalue weighted by Crippen LogP contribution is -2.10. The van der Waals surface area contributed by atoms with Gasteiger partial charge in [-0.25, -0.2) is 4.99 Å². The largest absolute Gasteiger partial charge is 0.484 e. The van der Waals surface area contributed by atoms with Gasteiger partial charge in [0.15, 0.2) is 5.90 Å². The highest BCUT2D eigenvalue weighted by atomic mass is 16.5. The van der Waals surface area contributed by atoms with Crippen LogP contribution in [0.25, 0.3) is 0 Å². The van der Waals surface area contributed by atoms with Crippen LogP contribution in [0.15, 0.2) is 16.3 Å². The number of hydrogen-bond acceptors (Lipinski definition) is 2. The zero-order valence-corrected chi connectivity index (χ0v) is 9.64. The molecule has 0 saturated carbocycles. The summed E-state index contributed by atoms with van der Waals surface area (Å²) in [4.78, 5) is 4.49. The van der Waals surface area contributed by atoms with Crippen LogP contribution in [0, 0.1) is 5.92 Å². The Morgan fingerprint density at radius 2 is 1.85 bits per heavy atom. The number of aliphatic imine (C=N–C) groups is 1. The smallest absolute Gasteiger partial charge is 0.190 e. The van der Waals surface area contributed by atoms with Crippen LogP contribution in [0.4, 0.5) is 0 Å². The molecule has 0 amide bonds. The van der Waals surface area contributed by atoms with Crippen molar-refractivity contribution in [2.75, 3.05) is 7.11 Å². The van der Waals surface area contributed by atoms with Gasteiger partial charge in [-0.2, -0.15) is 0 Å². The minimum Gasteiger partial charge on any atom is -0.484 e. The van der Waals surface area contributed by atoms with E-state index in [0.29, 0.717) is 5.92 Å². The summed E-state index contributed by atoms with van der Waals surface area (Å²) in [6.07, 6.45) is 0.960. The molecule has 0 heterocycles. The second-order valence-corrected chi connectivity index (χ2v) is 3.61. The highest BCUT2D eigenvalue weighted by Gasteiger charge is 2.05. The van der Waals surface area contributed by atoms with E-state index in [2.05, 4.69) is 39.6 Å². The predicted molar refractivity (Wildman–Crippen MR) is 57.9 cm³/mol. The van der Waals surface area contributed by atoms with E-state index in [1.807, 2.05) is 0 Å². The molecule has 0 atom stereocenters. The molecule has 0 aromatic heterocycles. The van der Waals surface area contributed by atoms with Crippen LogP contribution < -0.4 is 0 Å². The van der Waals surface area contributed by atoms with Crippen LogP contribution in [-0.4, -0.2) is 13.0 Å². The summed E-state index contributed by atoms with van der Waals surface area (Å²) in [7, 11) is 1.68. The second kappa shape index (κ2) is 5.79. The molecular weight excluding hydrogens is 162 g/mol. The molecule has 13 heavy (non-hydrogen) atoms. The lowest BCUT2D eigenvalue weighted by Gasteiger charge is -2.10. The van der Waals surface area contributed by atoms with Crippen molar-refractivity contribution in [1.29, 1.82) is 0 Å². The predicted octanol–water partition coefficient (Wildman–Crippen LogP) is 3.39. The molecule has 0 spiro atoms. The number of rotatable bonds is 3. The molecule has 2 heteroatoms. The Morgan fingerprint density at radius 1 is 1.31 bits per heavy atom. The Labute approximate surface area is 81.7 Å². The molecule has 0 radical (unpaired) electrons. The average Bonchev–Trinajstić information content (AvgIpc) is 2.05. The topological polar surface area (TPSA) is 21.6 Å². The molecule has 0 aromatic carbocycles. The van der Waals surface area contributed by atoms with Gasteiger partial charge in [-0.15, -0.1) is 0 Å². The Morgan fingerprint density at radius 3 is 2.08 bits per heavy atom. The molecule has 2 nitrogen and oxygen atoms in total. The first-order chi connectivity index (χ1) is 6.02. The van der Waals surface area contributed by atoms with Crippen LogP contribution in [0.1, 0.15) is 41.0 Å². The molecule has 0 aromatic rings. The third-order valence-corrected chi connectivity index (χ3v) is 1.86. The zero-order valence-electron chi connectivity index (χ0n) is 9.64. The molecule has 0 saturated heterocycles. The Bertz CT molecular complexity index is 210. The molecule has 0 aliphatic rings. The van der Waals surface area contributed by atoms with Crippen molar-refractivity contribution in [3.05, 3.63) is 11.3 Å². The maximum atomic E-state index is 5.21. The van der Waals surface area contributed by atoms with Gasteiger partial charge < -0.3 is 4.74 Å². The summed E-state index contributed by atoms with van der Waals surface area (Å²) in [6, 6.07) is 0. The summed E-state index contributed by atoms with van der Waals surface area (Å²) in [6.45, 7) is 10.4. The molecule has 0 fully saturated rings. The maximum absolute atomic E-state index is 5.21. The standard InChI is InChI=1S/C11H21NO/c1-7-10(8(2)3)12-11(13-6)9(4)5/h9H,7H2,1-6H3. The van der Waals surface area contributed by atoms with Crippen LogP contribution in [0.5, 0.6) is 0 Å². The summed E-state index contributed by atoms with van der Waals surface area (Å²) in [5, 5.41) is 0. The van der Waals surface area contributed by atoms with Crippen molar-refractivity contribution in [1.82, 2.24) is 0 Å². The van der Waals surface area contributed by atoms with Crippen LogP contribution >= 0.6 is 0 Å². The maximum Gasteiger partial charge on any atom is 0.190 e. The Hall–Kier alpha value is -0.790. The molecular formula is C11H21NO. The average molecular weight is 183 g/mol. The van der Waals surface area contributed by atoms with Gasteiger partial charge in [0, 0.05) is 11.6 Å². The number of hydrogen-bond donors (Lipinski definition) is 0. The van der Waals surface area contributed by atoms with Crippen molar-refractivity contribution in [3.8, 4) is 0 Å². The molecule has 0 aliphatic heterocycles. The van der Waals surface area contributed by atoms with Gasteiger partial charge in [-0.1, -0.05) is 26.3 Å². The molecule has 0 aliphatic carbocycles. The first-order valence-electron chi connectivity index (χ1n) is 4.81. The third-order valence-electron chi connectivity index (χ3n) is 1.86. The molecule has 0 N–H and O–H groups in total. The monoisotopic (exact) mass is 183 g/mol. The summed E-state index contributed by atoms with van der Waals surface area (Å²) in [5.41, 5.74) is 2.39. The number of allylic oxidation sites excluding steroid dienone is 2. The number of methoxy groups -OCH3 is 1. The highest BCUT2D eigenvalue weighted by Crippen LogP contribution is 2.12. The fourth-order valence-electron chi connectivity index (χ4n) is 1.09. The quantitative estimate of drug-likeness (QED) is 0.485. The van der Waals surface area contributed by atoms with Gasteiger partial charge in [0.1, 0.15) is 0 Å². The fraction of sp³-hybridized carbons (Fsp3) is 0.727. The van der Waals surface area contributed by atoms with Gasteiger partial charge in [0.2, 0.25) is 0 Å². The van der Waals surface area contributed by atoms with E-state index in [9.17, 15) is 0 Å². The zero-order chi connectivity index (χ0) is 10.4. The van der Waals surface area contributed by atoms with Crippen LogP contribution in [0.3, 0.4) is 0 Å². The molecule has 0 unspecified atom stereocenters. The van der Waals surface area contributed by atoms with Gasteiger partial charge in [0.25, 0.3) is 0 Å². The van der Waals surface area contributed by atoms with E-state index >= 15 is 0 Å². The highest BCUT2D eigenvalue weighted by molar-refractivity contribution is 5.79. The van der Waals surface area contributed by atoms with Crippen molar-refractivity contribution in [3.63, 3.8) is 0 Å². The number of ether oxygens (including phenoxy) is 1. The minimum absolute atomic E-state index is 0.353. The SMILES string of the molecule is CCC(N=C(OC)C(C)C)=C(C)C. The van der Waals surface area contributed by atoms with E-state index in [4.69, 9.17) is 4.74 Å². The first-order valence-corrected chi connectivity index (χ1v) is 4.81. The Balaban J connectivity index is 4.77. The van der Waals surface area contributed by atoms with Crippen molar-refractivity contribution < 1.29 is 4.74 Å². The van der Waals surface area contributed by atoms with E-state index in [1.54, 1.807) is 7.11 Å². The van der Waals surface area contributed by atoms with Gasteiger partial charge >= 0.3 is 0 Å². The summed E-state index contributed by atoms with van der Waals surface area (Å²) >= 11 is 0. The van der Waals surface area contributed by atoms with Crippen molar-refractivity contribution in [2.24, 2.45) is 10.9 Å². The van der Waals surface area contributed by atoms with Crippen molar-refractivity contribution in [2.45, 2.75) is 41.0 Å². The second-order valence-electron chi connectivity index (χ2n) is 3.61. The Kier molecular flexibility index (Phi) is 5.44. The van der Waals surface area contributed by atoms with Crippen molar-refractivity contribution >= 4 is 5.90 Å². The van der Waals surface area contributed by atoms with E-state index in [0.717, 1.165) is 18.0 Å². The van der Waals surface area contributed by atoms with Gasteiger partial charge in [-0.3, -0.25) is 0 Å². The van der Waals surface area contributed by atoms with E-state index < -0.39 is 0 Å². The van der Waals surface area contributed by atoms with E-state index in [1.165, 1.54) is 5.57 Å². The normalized spacial score (nSPS) is 11.8. The molecule has 0 rings (SSSR count). The third kappa shape index (κ3) is 4.11. The van der Waals surface area contributed by atoms with E-state index in [-0.39, 0.29) is 0 Å². The lowest BCUT2D eigenvalue weighted by molar-refractivity contribution is 0.374. The number of nitrogens with zero attached hydrogens (tertiary/aromatic N) is 1. The van der Waals surface area contributed by atoms with Crippen LogP contribution in [0.2, 0.25) is 0 Å². The van der Waals surface area contributed by atoms with Gasteiger partial charge in [-0.05, 0) is 20.3 Å². The summed E-state index contributed by atoms with van der Waals surface area (Å²) in [5.74, 6) is 1.17. The summed E-state index contributed by atoms with van der Waals surface area (Å²) < 4.78 is 5.21. The van der Waals surface area contributed by atoms with Gasteiger partial charge in [0.05, 0.1) is 7.11 Å². The molecule has 0 bridgehead atoms. The molecule has 76 valence electrons. The fourth-order valence-corrected chi connectivity index (χ4v) is 1.09. The minimum atomic E-state index is 0.353. The van der Waals surface area contributed by atoms with Crippen LogP contribution in [-0.2, 0) is 4.74 Å². The first kappa shape index (κ1) is 12.2. The lowest BCUT2D eigenvalue weighted by atomic mass is 10.2.